The lowest BCUT2D eigenvalue weighted by Crippen LogP contribution is -2.26. The van der Waals surface area contributed by atoms with Crippen molar-refractivity contribution in [1.29, 1.82) is 0 Å². The molecule has 0 aliphatic carbocycles. The third kappa shape index (κ3) is 5.50. The standard InChI is InChI=1S/C23H35N3O/c1-17(2)26-12-11-25(16-26)10-9-24-15-18-13-19(22(3,4)5)14-20(21(18)27)23(6,7)8/h11-15,17,27H,9-10H2,1-8H3. The molecule has 1 aromatic rings. The maximum atomic E-state index is 10.8. The van der Waals surface area contributed by atoms with Crippen LogP contribution in [0.25, 0.3) is 0 Å². The molecule has 0 bridgehead atoms. The van der Waals surface area contributed by atoms with Crippen molar-refractivity contribution in [3.8, 4) is 5.75 Å². The molecule has 1 aliphatic rings. The third-order valence-electron chi connectivity index (χ3n) is 4.72. The summed E-state index contributed by atoms with van der Waals surface area (Å²) in [6, 6.07) is 4.59. The molecule has 0 spiro atoms. The largest absolute Gasteiger partial charge is 0.507 e. The number of hydrogen-bond acceptors (Lipinski definition) is 4. The Morgan fingerprint density at radius 2 is 1.74 bits per heavy atom. The fourth-order valence-corrected chi connectivity index (χ4v) is 2.87. The van der Waals surface area contributed by atoms with Gasteiger partial charge in [-0.2, -0.15) is 0 Å². The molecule has 2 rings (SSSR count). The minimum Gasteiger partial charge on any atom is -0.507 e. The van der Waals surface area contributed by atoms with Crippen molar-refractivity contribution in [1.82, 2.24) is 9.80 Å². The van der Waals surface area contributed by atoms with Gasteiger partial charge in [-0.15, -0.1) is 0 Å². The highest BCUT2D eigenvalue weighted by molar-refractivity contribution is 5.85. The zero-order chi connectivity index (χ0) is 20.4. The molecular formula is C23H35N3O. The van der Waals surface area contributed by atoms with Gasteiger partial charge < -0.3 is 14.9 Å². The van der Waals surface area contributed by atoms with Gasteiger partial charge in [-0.3, -0.25) is 4.99 Å². The second-order valence-corrected chi connectivity index (χ2v) is 9.59. The Kier molecular flexibility index (Phi) is 6.28. The lowest BCUT2D eigenvalue weighted by molar-refractivity contribution is 0.306. The van der Waals surface area contributed by atoms with Crippen molar-refractivity contribution in [2.75, 3.05) is 13.1 Å². The van der Waals surface area contributed by atoms with E-state index in [1.165, 1.54) is 5.56 Å². The number of rotatable bonds is 5. The minimum atomic E-state index is -0.126. The second kappa shape index (κ2) is 7.95. The highest BCUT2D eigenvalue weighted by Crippen LogP contribution is 2.37. The van der Waals surface area contributed by atoms with Gasteiger partial charge in [-0.05, 0) is 36.3 Å². The summed E-state index contributed by atoms with van der Waals surface area (Å²) in [6.45, 7) is 21.9. The maximum absolute atomic E-state index is 10.8. The fourth-order valence-electron chi connectivity index (χ4n) is 2.87. The molecule has 2 radical (unpaired) electrons. The first-order valence-corrected chi connectivity index (χ1v) is 9.77. The van der Waals surface area contributed by atoms with Crippen LogP contribution in [0.3, 0.4) is 0 Å². The van der Waals surface area contributed by atoms with Gasteiger partial charge in [0.15, 0.2) is 0 Å². The number of phenols is 1. The van der Waals surface area contributed by atoms with Gasteiger partial charge in [0.2, 0.25) is 6.67 Å². The van der Waals surface area contributed by atoms with Crippen molar-refractivity contribution in [3.63, 3.8) is 0 Å². The van der Waals surface area contributed by atoms with E-state index in [1.54, 1.807) is 6.21 Å². The molecule has 0 aromatic heterocycles. The third-order valence-corrected chi connectivity index (χ3v) is 4.72. The monoisotopic (exact) mass is 369 g/mol. The molecule has 0 atom stereocenters. The van der Waals surface area contributed by atoms with Crippen LogP contribution >= 0.6 is 0 Å². The van der Waals surface area contributed by atoms with E-state index in [0.29, 0.717) is 18.3 Å². The second-order valence-electron chi connectivity index (χ2n) is 9.59. The van der Waals surface area contributed by atoms with E-state index in [4.69, 9.17) is 0 Å². The number of phenolic OH excluding ortho intramolecular Hbond substituents is 1. The molecule has 4 heteroatoms. The summed E-state index contributed by atoms with van der Waals surface area (Å²) in [4.78, 5) is 8.63. The van der Waals surface area contributed by atoms with E-state index in [0.717, 1.165) is 17.7 Å². The predicted octanol–water partition coefficient (Wildman–Crippen LogP) is 4.90. The smallest absolute Gasteiger partial charge is 0.208 e. The first-order valence-electron chi connectivity index (χ1n) is 9.77. The molecule has 1 heterocycles. The summed E-state index contributed by atoms with van der Waals surface area (Å²) in [5, 5.41) is 10.8. The van der Waals surface area contributed by atoms with Crippen LogP contribution in [-0.4, -0.2) is 40.3 Å². The van der Waals surface area contributed by atoms with E-state index < -0.39 is 0 Å². The van der Waals surface area contributed by atoms with Crippen LogP contribution in [0.1, 0.15) is 72.1 Å². The molecule has 27 heavy (non-hydrogen) atoms. The van der Waals surface area contributed by atoms with Gasteiger partial charge in [0, 0.05) is 42.3 Å². The Hall–Kier alpha value is -1.97. The molecule has 1 N–H and O–H groups in total. The summed E-state index contributed by atoms with van der Waals surface area (Å²) in [5.41, 5.74) is 2.86. The van der Waals surface area contributed by atoms with Crippen molar-refractivity contribution >= 4 is 6.21 Å². The molecule has 4 nitrogen and oxygen atoms in total. The molecule has 0 unspecified atom stereocenters. The molecule has 1 aromatic carbocycles. The first kappa shape index (κ1) is 21.3. The lowest BCUT2D eigenvalue weighted by atomic mass is 9.79. The van der Waals surface area contributed by atoms with Gasteiger partial charge in [0.05, 0.1) is 6.54 Å². The predicted molar refractivity (Wildman–Crippen MR) is 114 cm³/mol. The number of nitrogens with zero attached hydrogens (tertiary/aromatic N) is 3. The summed E-state index contributed by atoms with van der Waals surface area (Å²) < 4.78 is 0. The van der Waals surface area contributed by atoms with Crippen LogP contribution in [0.5, 0.6) is 5.75 Å². The van der Waals surface area contributed by atoms with E-state index in [1.807, 2.05) is 17.3 Å². The summed E-state index contributed by atoms with van der Waals surface area (Å²) in [7, 11) is 0. The van der Waals surface area contributed by atoms with Crippen LogP contribution < -0.4 is 0 Å². The normalized spacial score (nSPS) is 15.6. The fraction of sp³-hybridized carbons (Fsp3) is 0.565. The van der Waals surface area contributed by atoms with Gasteiger partial charge in [0.1, 0.15) is 5.75 Å². The van der Waals surface area contributed by atoms with Gasteiger partial charge in [0.25, 0.3) is 0 Å². The minimum absolute atomic E-state index is 0.0147. The summed E-state index contributed by atoms with van der Waals surface area (Å²) in [5.74, 6) is 0.337. The highest BCUT2D eigenvalue weighted by atomic mass is 16.3. The van der Waals surface area contributed by atoms with Gasteiger partial charge >= 0.3 is 0 Å². The maximum Gasteiger partial charge on any atom is 0.208 e. The number of aromatic hydroxyl groups is 1. The molecule has 0 amide bonds. The van der Waals surface area contributed by atoms with Gasteiger partial charge in [-0.25, -0.2) is 0 Å². The van der Waals surface area contributed by atoms with Gasteiger partial charge in [-0.1, -0.05) is 47.6 Å². The Morgan fingerprint density at radius 3 is 2.26 bits per heavy atom. The zero-order valence-electron chi connectivity index (χ0n) is 18.2. The average molecular weight is 370 g/mol. The number of benzene rings is 1. The van der Waals surface area contributed by atoms with Crippen LogP contribution in [0.15, 0.2) is 29.5 Å². The average Bonchev–Trinajstić information content (AvgIpc) is 2.99. The molecule has 0 fully saturated rings. The van der Waals surface area contributed by atoms with Crippen LogP contribution in [0.4, 0.5) is 0 Å². The molecule has 0 saturated heterocycles. The Balaban J connectivity index is 2.13. The topological polar surface area (TPSA) is 39.1 Å². The summed E-state index contributed by atoms with van der Waals surface area (Å²) >= 11 is 0. The van der Waals surface area contributed by atoms with Crippen molar-refractivity contribution < 1.29 is 5.11 Å². The van der Waals surface area contributed by atoms with Crippen molar-refractivity contribution in [2.24, 2.45) is 4.99 Å². The van der Waals surface area contributed by atoms with Crippen LogP contribution in [0, 0.1) is 6.67 Å². The summed E-state index contributed by atoms with van der Waals surface area (Å²) in [6.07, 6.45) is 5.85. The zero-order valence-corrected chi connectivity index (χ0v) is 18.2. The molecule has 0 saturated carbocycles. The van der Waals surface area contributed by atoms with Crippen molar-refractivity contribution in [3.05, 3.63) is 47.9 Å². The highest BCUT2D eigenvalue weighted by Gasteiger charge is 2.24. The van der Waals surface area contributed by atoms with E-state index in [-0.39, 0.29) is 10.8 Å². The van der Waals surface area contributed by atoms with E-state index in [2.05, 4.69) is 84.1 Å². The number of aliphatic imine (C=N–C) groups is 1. The van der Waals surface area contributed by atoms with Crippen LogP contribution in [0.2, 0.25) is 0 Å². The Bertz CT molecular complexity index is 706. The number of hydrogen-bond donors (Lipinski definition) is 1. The van der Waals surface area contributed by atoms with Crippen LogP contribution in [-0.2, 0) is 10.8 Å². The molecule has 1 aliphatic heterocycles. The molecular weight excluding hydrogens is 334 g/mol. The van der Waals surface area contributed by atoms with E-state index in [9.17, 15) is 5.11 Å². The lowest BCUT2D eigenvalue weighted by Gasteiger charge is -2.27. The Labute approximate surface area is 165 Å². The Morgan fingerprint density at radius 1 is 1.07 bits per heavy atom. The SMILES string of the molecule is CC(C)N1[C]N(CCN=Cc2cc(C(C)(C)C)cc(C(C)(C)C)c2O)C=C1. The van der Waals surface area contributed by atoms with Crippen molar-refractivity contribution in [2.45, 2.75) is 72.3 Å². The molecule has 148 valence electrons. The first-order chi connectivity index (χ1) is 12.4. The van der Waals surface area contributed by atoms with E-state index >= 15 is 0 Å². The quantitative estimate of drug-likeness (QED) is 0.750.